The number of hydrogen-bond donors (Lipinski definition) is 2. The lowest BCUT2D eigenvalue weighted by molar-refractivity contribution is 0.146. The van der Waals surface area contributed by atoms with Crippen molar-refractivity contribution < 1.29 is 17.9 Å². The third-order valence-electron chi connectivity index (χ3n) is 3.81. The summed E-state index contributed by atoms with van der Waals surface area (Å²) in [5, 5.41) is 3.17. The topological polar surface area (TPSA) is 102 Å². The molecule has 0 saturated carbocycles. The fourth-order valence-electron chi connectivity index (χ4n) is 2.63. The Morgan fingerprint density at radius 1 is 0.966 bits per heavy atom. The molecule has 2 N–H and O–H groups in total. The average molecular weight is 414 g/mol. The number of anilines is 3. The standard InChI is InChI=1S/C20H22N4O4S/c1-27-10-11-28-19-9-4-3-8-17(19)18-13-20(22-14-21-18)23-15-6-5-7-16(12-15)24-29(2,25)26/h3-9,12-14,24H,10-11H2,1-2H3,(H,21,22,23). The first-order valence-electron chi connectivity index (χ1n) is 8.83. The van der Waals surface area contributed by atoms with Crippen LogP contribution in [0.4, 0.5) is 17.2 Å². The zero-order valence-electron chi connectivity index (χ0n) is 16.1. The van der Waals surface area contributed by atoms with Crippen LogP contribution in [0.5, 0.6) is 5.75 Å². The minimum Gasteiger partial charge on any atom is -0.490 e. The molecule has 0 unspecified atom stereocenters. The van der Waals surface area contributed by atoms with E-state index in [0.29, 0.717) is 41.8 Å². The van der Waals surface area contributed by atoms with Crippen molar-refractivity contribution in [2.45, 2.75) is 0 Å². The molecule has 29 heavy (non-hydrogen) atoms. The van der Waals surface area contributed by atoms with Gasteiger partial charge in [-0.15, -0.1) is 0 Å². The van der Waals surface area contributed by atoms with Crippen molar-refractivity contribution in [3.63, 3.8) is 0 Å². The predicted molar refractivity (Wildman–Crippen MR) is 113 cm³/mol. The maximum atomic E-state index is 11.4. The highest BCUT2D eigenvalue weighted by Gasteiger charge is 2.09. The van der Waals surface area contributed by atoms with Gasteiger partial charge in [0, 0.05) is 24.4 Å². The summed E-state index contributed by atoms with van der Waals surface area (Å²) in [5.41, 5.74) is 2.68. The number of nitrogens with one attached hydrogen (secondary N) is 2. The van der Waals surface area contributed by atoms with Crippen LogP contribution in [0.1, 0.15) is 0 Å². The Hall–Kier alpha value is -3.17. The number of ether oxygens (including phenoxy) is 2. The summed E-state index contributed by atoms with van der Waals surface area (Å²) < 4.78 is 36.1. The number of methoxy groups -OCH3 is 1. The van der Waals surface area contributed by atoms with E-state index in [-0.39, 0.29) is 0 Å². The number of sulfonamides is 1. The lowest BCUT2D eigenvalue weighted by atomic mass is 10.1. The third-order valence-corrected chi connectivity index (χ3v) is 4.42. The van der Waals surface area contributed by atoms with E-state index in [0.717, 1.165) is 11.8 Å². The summed E-state index contributed by atoms with van der Waals surface area (Å²) in [6.45, 7) is 0.923. The molecule has 3 rings (SSSR count). The number of nitrogens with zero attached hydrogens (tertiary/aromatic N) is 2. The van der Waals surface area contributed by atoms with Crippen LogP contribution in [0.15, 0.2) is 60.9 Å². The molecule has 9 heteroatoms. The molecule has 0 spiro atoms. The highest BCUT2D eigenvalue weighted by Crippen LogP contribution is 2.30. The van der Waals surface area contributed by atoms with Crippen molar-refractivity contribution in [1.82, 2.24) is 9.97 Å². The van der Waals surface area contributed by atoms with Gasteiger partial charge >= 0.3 is 0 Å². The van der Waals surface area contributed by atoms with E-state index in [9.17, 15) is 8.42 Å². The molecule has 0 saturated heterocycles. The second-order valence-corrected chi connectivity index (χ2v) is 7.95. The Morgan fingerprint density at radius 3 is 2.55 bits per heavy atom. The highest BCUT2D eigenvalue weighted by atomic mass is 32.2. The number of rotatable bonds is 9. The van der Waals surface area contributed by atoms with Crippen LogP contribution in [0.3, 0.4) is 0 Å². The van der Waals surface area contributed by atoms with Crippen molar-refractivity contribution in [3.05, 3.63) is 60.9 Å². The predicted octanol–water partition coefficient (Wildman–Crippen LogP) is 3.28. The summed E-state index contributed by atoms with van der Waals surface area (Å²) in [4.78, 5) is 8.60. The van der Waals surface area contributed by atoms with Crippen molar-refractivity contribution >= 4 is 27.2 Å². The first kappa shape index (κ1) is 20.6. The highest BCUT2D eigenvalue weighted by molar-refractivity contribution is 7.92. The molecule has 0 aliphatic heterocycles. The second-order valence-electron chi connectivity index (χ2n) is 6.21. The Morgan fingerprint density at radius 2 is 1.76 bits per heavy atom. The molecule has 3 aromatic rings. The van der Waals surface area contributed by atoms with Crippen molar-refractivity contribution in [2.24, 2.45) is 0 Å². The molecule has 0 bridgehead atoms. The molecule has 1 aromatic heterocycles. The van der Waals surface area contributed by atoms with Crippen LogP contribution in [-0.2, 0) is 14.8 Å². The molecule has 152 valence electrons. The quantitative estimate of drug-likeness (QED) is 0.518. The van der Waals surface area contributed by atoms with Crippen LogP contribution in [-0.4, -0.2) is 45.0 Å². The van der Waals surface area contributed by atoms with Crippen molar-refractivity contribution in [2.75, 3.05) is 36.6 Å². The SMILES string of the molecule is COCCOc1ccccc1-c1cc(Nc2cccc(NS(C)(=O)=O)c2)ncn1. The molecular formula is C20H22N4O4S. The van der Waals surface area contributed by atoms with E-state index in [2.05, 4.69) is 20.0 Å². The van der Waals surface area contributed by atoms with E-state index in [4.69, 9.17) is 9.47 Å². The monoisotopic (exact) mass is 414 g/mol. The van der Waals surface area contributed by atoms with Gasteiger partial charge in [-0.1, -0.05) is 18.2 Å². The molecule has 0 fully saturated rings. The minimum atomic E-state index is -3.35. The Balaban J connectivity index is 1.82. The lowest BCUT2D eigenvalue weighted by Crippen LogP contribution is -2.09. The maximum Gasteiger partial charge on any atom is 0.229 e. The zero-order valence-corrected chi connectivity index (χ0v) is 16.9. The van der Waals surface area contributed by atoms with Crippen molar-refractivity contribution in [3.8, 4) is 17.0 Å². The maximum absolute atomic E-state index is 11.4. The third kappa shape index (κ3) is 6.16. The smallest absolute Gasteiger partial charge is 0.229 e. The minimum absolute atomic E-state index is 0.434. The van der Waals surface area contributed by atoms with Gasteiger partial charge in [-0.3, -0.25) is 4.72 Å². The van der Waals surface area contributed by atoms with Gasteiger partial charge in [0.05, 0.1) is 24.2 Å². The molecule has 0 aliphatic carbocycles. The van der Waals surface area contributed by atoms with E-state index in [1.54, 1.807) is 31.4 Å². The van der Waals surface area contributed by atoms with E-state index < -0.39 is 10.0 Å². The number of benzene rings is 2. The summed E-state index contributed by atoms with van der Waals surface area (Å²) in [5.74, 6) is 1.27. The van der Waals surface area contributed by atoms with Crippen LogP contribution < -0.4 is 14.8 Å². The van der Waals surface area contributed by atoms with Gasteiger partial charge in [0.2, 0.25) is 10.0 Å². The fourth-order valence-corrected chi connectivity index (χ4v) is 3.19. The van der Waals surface area contributed by atoms with Crippen LogP contribution in [0, 0.1) is 0 Å². The molecule has 0 amide bonds. The van der Waals surface area contributed by atoms with Gasteiger partial charge in [0.1, 0.15) is 24.5 Å². The van der Waals surface area contributed by atoms with Crippen LogP contribution in [0.25, 0.3) is 11.3 Å². The fraction of sp³-hybridized carbons (Fsp3) is 0.200. The Bertz CT molecular complexity index is 1070. The number of para-hydroxylation sites is 1. The van der Waals surface area contributed by atoms with Crippen LogP contribution in [0.2, 0.25) is 0 Å². The number of hydrogen-bond acceptors (Lipinski definition) is 7. The van der Waals surface area contributed by atoms with Crippen LogP contribution >= 0.6 is 0 Å². The second kappa shape index (κ2) is 9.35. The molecule has 0 radical (unpaired) electrons. The molecule has 2 aromatic carbocycles. The Labute approximate surface area is 170 Å². The van der Waals surface area contributed by atoms with E-state index in [1.807, 2.05) is 30.3 Å². The molecule has 0 aliphatic rings. The van der Waals surface area contributed by atoms with Crippen molar-refractivity contribution in [1.29, 1.82) is 0 Å². The Kier molecular flexibility index (Phi) is 6.63. The summed E-state index contributed by atoms with van der Waals surface area (Å²) in [6, 6.07) is 16.3. The van der Waals surface area contributed by atoms with Gasteiger partial charge < -0.3 is 14.8 Å². The summed E-state index contributed by atoms with van der Waals surface area (Å²) in [6.07, 6.45) is 2.57. The van der Waals surface area contributed by atoms with E-state index in [1.165, 1.54) is 6.33 Å². The summed E-state index contributed by atoms with van der Waals surface area (Å²) in [7, 11) is -1.73. The molecular weight excluding hydrogens is 392 g/mol. The lowest BCUT2D eigenvalue weighted by Gasteiger charge is -2.12. The van der Waals surface area contributed by atoms with Gasteiger partial charge in [-0.25, -0.2) is 18.4 Å². The summed E-state index contributed by atoms with van der Waals surface area (Å²) >= 11 is 0. The van der Waals surface area contributed by atoms with Gasteiger partial charge in [0.15, 0.2) is 0 Å². The molecule has 1 heterocycles. The van der Waals surface area contributed by atoms with Gasteiger partial charge in [0.25, 0.3) is 0 Å². The molecule has 0 atom stereocenters. The zero-order chi connectivity index (χ0) is 20.7. The largest absolute Gasteiger partial charge is 0.490 e. The van der Waals surface area contributed by atoms with Gasteiger partial charge in [-0.2, -0.15) is 0 Å². The van der Waals surface area contributed by atoms with Gasteiger partial charge in [-0.05, 0) is 30.3 Å². The first-order chi connectivity index (χ1) is 13.9. The average Bonchev–Trinajstić information content (AvgIpc) is 2.68. The molecule has 8 nitrogen and oxygen atoms in total. The van der Waals surface area contributed by atoms with E-state index >= 15 is 0 Å². The first-order valence-corrected chi connectivity index (χ1v) is 10.7. The number of aromatic nitrogens is 2. The normalized spacial score (nSPS) is 11.1.